The molecular weight excluding hydrogens is 500 g/mol. The number of amides is 2. The van der Waals surface area contributed by atoms with Crippen LogP contribution in [0.15, 0.2) is 42.5 Å². The Morgan fingerprint density at radius 3 is 2.44 bits per heavy atom. The van der Waals surface area contributed by atoms with E-state index < -0.39 is 29.4 Å². The average molecular weight is 543 g/mol. The lowest BCUT2D eigenvalue weighted by molar-refractivity contribution is -0.162. The molecule has 0 radical (unpaired) electrons. The van der Waals surface area contributed by atoms with Crippen molar-refractivity contribution in [1.29, 1.82) is 0 Å². The van der Waals surface area contributed by atoms with Crippen molar-refractivity contribution in [3.8, 4) is 0 Å². The Balaban J connectivity index is 1.76. The lowest BCUT2D eigenvalue weighted by Crippen LogP contribution is -2.44. The number of hydrogen-bond acceptors (Lipinski definition) is 7. The lowest BCUT2D eigenvalue weighted by Gasteiger charge is -2.30. The summed E-state index contributed by atoms with van der Waals surface area (Å²) in [6, 6.07) is 9.28. The van der Waals surface area contributed by atoms with Gasteiger partial charge in [-0.25, -0.2) is 0 Å². The number of nitrogens with zero attached hydrogens (tertiary/aromatic N) is 2. The zero-order valence-electron chi connectivity index (χ0n) is 23.3. The van der Waals surface area contributed by atoms with Gasteiger partial charge in [-0.1, -0.05) is 42.5 Å². The summed E-state index contributed by atoms with van der Waals surface area (Å²) in [5.74, 6) is -2.53. The average Bonchev–Trinajstić information content (AvgIpc) is 3.35. The van der Waals surface area contributed by atoms with Gasteiger partial charge in [-0.2, -0.15) is 0 Å². The van der Waals surface area contributed by atoms with Gasteiger partial charge in [0.25, 0.3) is 0 Å². The maximum absolute atomic E-state index is 13.6. The fourth-order valence-electron chi connectivity index (χ4n) is 5.03. The van der Waals surface area contributed by atoms with Crippen LogP contribution in [-0.2, 0) is 35.2 Å². The van der Waals surface area contributed by atoms with Gasteiger partial charge in [0.05, 0.1) is 30.9 Å². The van der Waals surface area contributed by atoms with Crippen molar-refractivity contribution in [2.75, 3.05) is 26.3 Å². The van der Waals surface area contributed by atoms with E-state index in [0.29, 0.717) is 25.9 Å². The number of fused-ring (bicyclic) bond motifs is 1. The molecule has 9 nitrogen and oxygen atoms in total. The molecule has 1 N–H and O–H groups in total. The van der Waals surface area contributed by atoms with Crippen LogP contribution in [0.2, 0.25) is 0 Å². The van der Waals surface area contributed by atoms with Crippen LogP contribution in [-0.4, -0.2) is 76.6 Å². The zero-order valence-corrected chi connectivity index (χ0v) is 23.3. The molecule has 1 saturated heterocycles. The summed E-state index contributed by atoms with van der Waals surface area (Å²) in [5.41, 5.74) is 0.290. The van der Waals surface area contributed by atoms with Crippen LogP contribution < -0.4 is 0 Å². The van der Waals surface area contributed by atoms with Gasteiger partial charge < -0.3 is 24.4 Å². The Morgan fingerprint density at radius 1 is 1.08 bits per heavy atom. The predicted octanol–water partition coefficient (Wildman–Crippen LogP) is 3.25. The van der Waals surface area contributed by atoms with Gasteiger partial charge in [-0.15, -0.1) is 0 Å². The number of carbonyl (C=O) groups excluding carboxylic acids is 4. The zero-order chi connectivity index (χ0) is 28.4. The maximum atomic E-state index is 13.6. The van der Waals surface area contributed by atoms with Crippen molar-refractivity contribution in [2.24, 2.45) is 11.8 Å². The van der Waals surface area contributed by atoms with E-state index in [1.165, 1.54) is 0 Å². The van der Waals surface area contributed by atoms with Gasteiger partial charge in [0.2, 0.25) is 11.8 Å². The number of rotatable bonds is 8. The van der Waals surface area contributed by atoms with Crippen LogP contribution >= 0.6 is 0 Å². The second-order valence-corrected chi connectivity index (χ2v) is 11.3. The largest absolute Gasteiger partial charge is 0.463 e. The van der Waals surface area contributed by atoms with E-state index in [2.05, 4.69) is 0 Å². The number of esters is 2. The Kier molecular flexibility index (Phi) is 11.1. The van der Waals surface area contributed by atoms with Crippen molar-refractivity contribution >= 4 is 23.8 Å². The number of benzene rings is 1. The van der Waals surface area contributed by atoms with Crippen LogP contribution in [0.25, 0.3) is 0 Å². The van der Waals surface area contributed by atoms with E-state index in [4.69, 9.17) is 9.47 Å². The minimum Gasteiger partial charge on any atom is -0.463 e. The molecule has 0 saturated carbocycles. The summed E-state index contributed by atoms with van der Waals surface area (Å²) >= 11 is 0. The molecule has 1 aromatic carbocycles. The van der Waals surface area contributed by atoms with E-state index in [1.54, 1.807) is 36.6 Å². The van der Waals surface area contributed by atoms with Gasteiger partial charge in [-0.3, -0.25) is 19.2 Å². The number of aliphatic hydroxyl groups is 1. The molecule has 3 rings (SSSR count). The first-order valence-corrected chi connectivity index (χ1v) is 13.8. The van der Waals surface area contributed by atoms with E-state index >= 15 is 0 Å². The van der Waals surface area contributed by atoms with E-state index in [1.807, 2.05) is 36.4 Å². The molecule has 3 atom stereocenters. The molecule has 2 heterocycles. The van der Waals surface area contributed by atoms with E-state index in [9.17, 15) is 24.3 Å². The quantitative estimate of drug-likeness (QED) is 0.396. The Labute approximate surface area is 231 Å². The third-order valence-electron chi connectivity index (χ3n) is 6.96. The normalized spacial score (nSPS) is 23.2. The van der Waals surface area contributed by atoms with Crippen LogP contribution in [0.5, 0.6) is 0 Å². The molecule has 0 aliphatic carbocycles. The van der Waals surface area contributed by atoms with Crippen molar-refractivity contribution in [2.45, 2.75) is 77.5 Å². The van der Waals surface area contributed by atoms with Crippen LogP contribution in [0, 0.1) is 11.8 Å². The van der Waals surface area contributed by atoms with Crippen molar-refractivity contribution in [3.05, 3.63) is 48.0 Å². The predicted molar refractivity (Wildman–Crippen MR) is 145 cm³/mol. The highest BCUT2D eigenvalue weighted by Gasteiger charge is 2.36. The second kappa shape index (κ2) is 14.3. The number of cyclic esters (lactones) is 1. The van der Waals surface area contributed by atoms with Crippen LogP contribution in [0.1, 0.15) is 64.9 Å². The first-order chi connectivity index (χ1) is 18.6. The minimum atomic E-state index is -0.688. The van der Waals surface area contributed by atoms with Gasteiger partial charge in [-0.05, 0) is 52.0 Å². The summed E-state index contributed by atoms with van der Waals surface area (Å²) in [4.78, 5) is 55.6. The lowest BCUT2D eigenvalue weighted by atomic mass is 9.95. The smallest absolute Gasteiger partial charge is 0.309 e. The molecule has 39 heavy (non-hydrogen) atoms. The summed E-state index contributed by atoms with van der Waals surface area (Å²) in [6.07, 6.45) is 5.61. The van der Waals surface area contributed by atoms with Gasteiger partial charge in [0, 0.05) is 26.1 Å². The monoisotopic (exact) mass is 542 g/mol. The molecule has 0 unspecified atom stereocenters. The summed E-state index contributed by atoms with van der Waals surface area (Å²) < 4.78 is 11.0. The molecular formula is C30H42N2O7. The van der Waals surface area contributed by atoms with E-state index in [0.717, 1.165) is 12.0 Å². The highest BCUT2D eigenvalue weighted by Crippen LogP contribution is 2.26. The Bertz CT molecular complexity index is 1020. The number of allylic oxidation sites excluding steroid dienone is 2. The van der Waals surface area contributed by atoms with Crippen LogP contribution in [0.4, 0.5) is 0 Å². The van der Waals surface area contributed by atoms with Gasteiger partial charge >= 0.3 is 11.9 Å². The van der Waals surface area contributed by atoms with Crippen LogP contribution in [0.3, 0.4) is 0 Å². The Hall–Kier alpha value is -3.20. The van der Waals surface area contributed by atoms with Crippen molar-refractivity contribution < 1.29 is 33.8 Å². The maximum Gasteiger partial charge on any atom is 0.309 e. The van der Waals surface area contributed by atoms with Crippen molar-refractivity contribution in [1.82, 2.24) is 9.80 Å². The topological polar surface area (TPSA) is 113 Å². The molecule has 1 fully saturated rings. The highest BCUT2D eigenvalue weighted by atomic mass is 16.6. The molecule has 0 aromatic heterocycles. The third kappa shape index (κ3) is 9.49. The molecule has 2 aliphatic heterocycles. The Morgan fingerprint density at radius 2 is 1.77 bits per heavy atom. The molecule has 0 bridgehead atoms. The molecule has 0 spiro atoms. The first kappa shape index (κ1) is 30.3. The highest BCUT2D eigenvalue weighted by molar-refractivity contribution is 5.86. The van der Waals surface area contributed by atoms with Gasteiger partial charge in [0.15, 0.2) is 0 Å². The fourth-order valence-corrected chi connectivity index (χ4v) is 5.03. The minimum absolute atomic E-state index is 0.0142. The van der Waals surface area contributed by atoms with Crippen molar-refractivity contribution in [3.63, 3.8) is 0 Å². The molecule has 9 heteroatoms. The molecule has 1 aromatic rings. The third-order valence-corrected chi connectivity index (χ3v) is 6.96. The molecule has 2 amide bonds. The SMILES string of the molecule is CC(C)(C)OC(=O)C[C@@H]1C/C=C\C[C@@H](CC(=O)N(CCO)Cc2ccccc2)C(=O)N2CCC[C@H]2COC1=O. The van der Waals surface area contributed by atoms with E-state index in [-0.39, 0.29) is 56.9 Å². The number of hydrogen-bond donors (Lipinski definition) is 1. The molecule has 2 aliphatic rings. The summed E-state index contributed by atoms with van der Waals surface area (Å²) in [7, 11) is 0. The fraction of sp³-hybridized carbons (Fsp3) is 0.600. The second-order valence-electron chi connectivity index (χ2n) is 11.3. The number of aliphatic hydroxyl groups excluding tert-OH is 1. The molecule has 214 valence electrons. The summed E-state index contributed by atoms with van der Waals surface area (Å²) in [5, 5.41) is 9.57. The summed E-state index contributed by atoms with van der Waals surface area (Å²) in [6.45, 7) is 6.29. The standard InChI is InChI=1S/C30H42N2O7/c1-30(2,3)39-27(35)19-24-13-8-7-12-23(28(36)32-15-9-14-25(32)21-38-29(24)37)18-26(34)31(16-17-33)20-22-10-5-4-6-11-22/h4-8,10-11,23-25,33H,9,12-21H2,1-3H3/b8-7-/t23-,24-,25-/m0/s1. The number of ether oxygens (including phenoxy) is 2. The first-order valence-electron chi connectivity index (χ1n) is 13.8. The van der Waals surface area contributed by atoms with Gasteiger partial charge in [0.1, 0.15) is 12.2 Å². The number of carbonyl (C=O) groups is 4.